The number of nitrogens with one attached hydrogen (secondary N) is 1. The predicted molar refractivity (Wildman–Crippen MR) is 76.1 cm³/mol. The van der Waals surface area contributed by atoms with E-state index in [-0.39, 0.29) is 5.92 Å². The van der Waals surface area contributed by atoms with E-state index < -0.39 is 11.9 Å². The number of rotatable bonds is 4. The minimum absolute atomic E-state index is 0.188. The molecule has 1 aliphatic heterocycles. The number of nitrogens with zero attached hydrogens (tertiary/aromatic N) is 4. The van der Waals surface area contributed by atoms with Crippen LogP contribution in [0.2, 0.25) is 0 Å². The SMILES string of the molecule is COc1ccnc(NC[C@H]2CCc3nc(C(F)(F)F)cn3C2)n1. The summed E-state index contributed by atoms with van der Waals surface area (Å²) in [7, 11) is 1.52. The van der Waals surface area contributed by atoms with Crippen molar-refractivity contribution >= 4 is 5.95 Å². The molecule has 3 heterocycles. The lowest BCUT2D eigenvalue weighted by atomic mass is 9.99. The summed E-state index contributed by atoms with van der Waals surface area (Å²) >= 11 is 0. The number of anilines is 1. The van der Waals surface area contributed by atoms with Gasteiger partial charge in [0.25, 0.3) is 0 Å². The van der Waals surface area contributed by atoms with Crippen LogP contribution in [0.4, 0.5) is 19.1 Å². The van der Waals surface area contributed by atoms with E-state index in [4.69, 9.17) is 4.74 Å². The van der Waals surface area contributed by atoms with E-state index in [1.165, 1.54) is 7.11 Å². The van der Waals surface area contributed by atoms with Crippen molar-refractivity contribution in [1.29, 1.82) is 0 Å². The Morgan fingerprint density at radius 2 is 2.22 bits per heavy atom. The smallest absolute Gasteiger partial charge is 0.434 e. The Morgan fingerprint density at radius 1 is 1.39 bits per heavy atom. The fraction of sp³-hybridized carbons (Fsp3) is 0.500. The molecule has 0 saturated carbocycles. The van der Waals surface area contributed by atoms with E-state index >= 15 is 0 Å². The van der Waals surface area contributed by atoms with E-state index in [1.807, 2.05) is 0 Å². The standard InChI is InChI=1S/C14H16F3N5O/c1-23-12-4-5-18-13(21-12)19-6-9-2-3-11-20-10(14(15,16)17)8-22(11)7-9/h4-5,8-9H,2-3,6-7H2,1H3,(H,18,19,21)/t9-/m1/s1. The molecule has 0 fully saturated rings. The first-order valence-electron chi connectivity index (χ1n) is 7.20. The van der Waals surface area contributed by atoms with Crippen LogP contribution in [-0.4, -0.2) is 33.2 Å². The monoisotopic (exact) mass is 327 g/mol. The summed E-state index contributed by atoms with van der Waals surface area (Å²) in [5.41, 5.74) is -0.822. The number of methoxy groups -OCH3 is 1. The van der Waals surface area contributed by atoms with Gasteiger partial charge in [0.2, 0.25) is 11.8 Å². The fourth-order valence-electron chi connectivity index (χ4n) is 2.59. The molecule has 1 atom stereocenters. The lowest BCUT2D eigenvalue weighted by Crippen LogP contribution is -2.26. The molecule has 0 unspecified atom stereocenters. The second-order valence-corrected chi connectivity index (χ2v) is 5.40. The number of alkyl halides is 3. The van der Waals surface area contributed by atoms with E-state index in [1.54, 1.807) is 16.8 Å². The lowest BCUT2D eigenvalue weighted by Gasteiger charge is -2.23. The largest absolute Gasteiger partial charge is 0.481 e. The van der Waals surface area contributed by atoms with Crippen molar-refractivity contribution in [1.82, 2.24) is 19.5 Å². The third kappa shape index (κ3) is 3.54. The molecule has 0 saturated heterocycles. The lowest BCUT2D eigenvalue weighted by molar-refractivity contribution is -0.141. The summed E-state index contributed by atoms with van der Waals surface area (Å²) in [5, 5.41) is 3.10. The average molecular weight is 327 g/mol. The van der Waals surface area contributed by atoms with Gasteiger partial charge in [0.05, 0.1) is 7.11 Å². The Bertz CT molecular complexity index is 685. The molecule has 0 spiro atoms. The highest BCUT2D eigenvalue weighted by atomic mass is 19.4. The third-order valence-corrected chi connectivity index (χ3v) is 3.77. The van der Waals surface area contributed by atoms with Crippen molar-refractivity contribution in [3.63, 3.8) is 0 Å². The molecule has 0 amide bonds. The number of halogens is 3. The van der Waals surface area contributed by atoms with Gasteiger partial charge in [0.1, 0.15) is 5.82 Å². The van der Waals surface area contributed by atoms with Crippen LogP contribution in [0.25, 0.3) is 0 Å². The molecule has 0 aromatic carbocycles. The van der Waals surface area contributed by atoms with Gasteiger partial charge in [0.15, 0.2) is 5.69 Å². The Labute approximate surface area is 130 Å². The minimum Gasteiger partial charge on any atom is -0.481 e. The maximum Gasteiger partial charge on any atom is 0.434 e. The first kappa shape index (κ1) is 15.6. The van der Waals surface area contributed by atoms with Gasteiger partial charge >= 0.3 is 6.18 Å². The highest BCUT2D eigenvalue weighted by Gasteiger charge is 2.35. The number of aromatic nitrogens is 4. The van der Waals surface area contributed by atoms with Crippen LogP contribution in [0, 0.1) is 5.92 Å². The molecule has 0 radical (unpaired) electrons. The molecule has 1 aliphatic rings. The van der Waals surface area contributed by atoms with Crippen molar-refractivity contribution in [3.8, 4) is 5.88 Å². The molecule has 9 heteroatoms. The van der Waals surface area contributed by atoms with Crippen LogP contribution in [0.5, 0.6) is 5.88 Å². The van der Waals surface area contributed by atoms with Crippen LogP contribution >= 0.6 is 0 Å². The number of aryl methyl sites for hydroxylation is 1. The summed E-state index contributed by atoms with van der Waals surface area (Å²) in [5.74, 6) is 1.58. The number of fused-ring (bicyclic) bond motifs is 1. The molecule has 0 aliphatic carbocycles. The molecule has 23 heavy (non-hydrogen) atoms. The van der Waals surface area contributed by atoms with Gasteiger partial charge < -0.3 is 14.6 Å². The van der Waals surface area contributed by atoms with Crippen LogP contribution in [0.15, 0.2) is 18.5 Å². The normalized spacial score (nSPS) is 17.7. The summed E-state index contributed by atoms with van der Waals surface area (Å²) in [4.78, 5) is 11.9. The van der Waals surface area contributed by atoms with Gasteiger partial charge in [0, 0.05) is 38.0 Å². The first-order valence-corrected chi connectivity index (χ1v) is 7.20. The van der Waals surface area contributed by atoms with Crippen LogP contribution in [-0.2, 0) is 19.1 Å². The Kier molecular flexibility index (Phi) is 4.10. The van der Waals surface area contributed by atoms with E-state index in [2.05, 4.69) is 20.3 Å². The van der Waals surface area contributed by atoms with Crippen molar-refractivity contribution in [2.45, 2.75) is 25.6 Å². The average Bonchev–Trinajstić information content (AvgIpc) is 2.96. The molecule has 2 aromatic heterocycles. The second kappa shape index (κ2) is 6.05. The zero-order valence-electron chi connectivity index (χ0n) is 12.5. The van der Waals surface area contributed by atoms with Crippen LogP contribution in [0.1, 0.15) is 17.9 Å². The van der Waals surface area contributed by atoms with Gasteiger partial charge in [-0.05, 0) is 12.3 Å². The Hall–Kier alpha value is -2.32. The van der Waals surface area contributed by atoms with Crippen LogP contribution in [0.3, 0.4) is 0 Å². The maximum atomic E-state index is 12.7. The topological polar surface area (TPSA) is 64.9 Å². The highest BCUT2D eigenvalue weighted by Crippen LogP contribution is 2.30. The van der Waals surface area contributed by atoms with Crippen LogP contribution < -0.4 is 10.1 Å². The Balaban J connectivity index is 1.62. The Morgan fingerprint density at radius 3 is 2.96 bits per heavy atom. The van der Waals surface area contributed by atoms with E-state index in [0.717, 1.165) is 12.6 Å². The van der Waals surface area contributed by atoms with E-state index in [0.29, 0.717) is 37.2 Å². The molecular formula is C14H16F3N5O. The van der Waals surface area contributed by atoms with Gasteiger partial charge in [-0.25, -0.2) is 9.97 Å². The molecule has 6 nitrogen and oxygen atoms in total. The second-order valence-electron chi connectivity index (χ2n) is 5.40. The summed E-state index contributed by atoms with van der Waals surface area (Å²) in [6, 6.07) is 1.64. The molecule has 2 aromatic rings. The summed E-state index contributed by atoms with van der Waals surface area (Å²) < 4.78 is 44.7. The van der Waals surface area contributed by atoms with E-state index in [9.17, 15) is 13.2 Å². The molecule has 3 rings (SSSR count). The minimum atomic E-state index is -4.40. The first-order chi connectivity index (χ1) is 11.0. The fourth-order valence-corrected chi connectivity index (χ4v) is 2.59. The third-order valence-electron chi connectivity index (χ3n) is 3.77. The van der Waals surface area contributed by atoms with Gasteiger partial charge in [-0.15, -0.1) is 0 Å². The number of ether oxygens (including phenoxy) is 1. The number of hydrogen-bond acceptors (Lipinski definition) is 5. The number of hydrogen-bond donors (Lipinski definition) is 1. The van der Waals surface area contributed by atoms with Crippen molar-refractivity contribution in [2.75, 3.05) is 19.0 Å². The molecule has 1 N–H and O–H groups in total. The van der Waals surface area contributed by atoms with Gasteiger partial charge in [-0.1, -0.05) is 0 Å². The predicted octanol–water partition coefficient (Wildman–Crippen LogP) is 2.38. The zero-order chi connectivity index (χ0) is 16.4. The van der Waals surface area contributed by atoms with Gasteiger partial charge in [-0.3, -0.25) is 0 Å². The zero-order valence-corrected chi connectivity index (χ0v) is 12.5. The molecular weight excluding hydrogens is 311 g/mol. The summed E-state index contributed by atoms with van der Waals surface area (Å²) in [6.07, 6.45) is -0.429. The maximum absolute atomic E-state index is 12.7. The van der Waals surface area contributed by atoms with Gasteiger partial charge in [-0.2, -0.15) is 18.2 Å². The summed E-state index contributed by atoms with van der Waals surface area (Å²) in [6.45, 7) is 1.07. The number of imidazole rings is 1. The van der Waals surface area contributed by atoms with Crippen molar-refractivity contribution < 1.29 is 17.9 Å². The highest BCUT2D eigenvalue weighted by molar-refractivity contribution is 5.27. The van der Waals surface area contributed by atoms with Crippen molar-refractivity contribution in [3.05, 3.63) is 30.0 Å². The quantitative estimate of drug-likeness (QED) is 0.934. The van der Waals surface area contributed by atoms with Crippen molar-refractivity contribution in [2.24, 2.45) is 5.92 Å². The molecule has 124 valence electrons. The molecule has 0 bridgehead atoms.